The summed E-state index contributed by atoms with van der Waals surface area (Å²) in [6, 6.07) is 10.2. The Bertz CT molecular complexity index is 477. The van der Waals surface area contributed by atoms with Crippen molar-refractivity contribution in [2.75, 3.05) is 6.61 Å². The number of rotatable bonds is 12. The molecule has 3 heteroatoms. The normalized spacial score (nSPS) is 11.8. The van der Waals surface area contributed by atoms with E-state index in [2.05, 4.69) is 26.0 Å². The number of esters is 1. The van der Waals surface area contributed by atoms with Crippen LogP contribution in [0.5, 0.6) is 0 Å². The van der Waals surface area contributed by atoms with Crippen molar-refractivity contribution in [1.29, 1.82) is 0 Å². The number of hydrogen-bond donors (Lipinski definition) is 0. The molecule has 24 heavy (non-hydrogen) atoms. The molecule has 1 aromatic rings. The van der Waals surface area contributed by atoms with Crippen LogP contribution in [0.2, 0.25) is 0 Å². The Morgan fingerprint density at radius 2 is 1.75 bits per heavy atom. The standard InChI is InChI=1S/C21H30O3/c1-18(2)24-21(22)19(3)13-9-6-4-5-7-12-16-23-17-20-14-10-8-11-15-20/h8,10-11,13-15,18H,1-2,4-7,9,12,16-17H2,3H3/b19-13+. The molecular formula is C21H30O3. The summed E-state index contributed by atoms with van der Waals surface area (Å²) in [5.74, 6) is -0.319. The van der Waals surface area contributed by atoms with Crippen LogP contribution in [0, 0.1) is 13.8 Å². The van der Waals surface area contributed by atoms with Crippen LogP contribution in [0.25, 0.3) is 0 Å². The fraction of sp³-hybridized carbons (Fsp3) is 0.476. The zero-order chi connectivity index (χ0) is 17.6. The molecule has 1 aromatic carbocycles. The lowest BCUT2D eigenvalue weighted by Gasteiger charge is -2.07. The van der Waals surface area contributed by atoms with E-state index < -0.39 is 6.10 Å². The maximum absolute atomic E-state index is 11.5. The van der Waals surface area contributed by atoms with E-state index in [4.69, 9.17) is 9.47 Å². The van der Waals surface area contributed by atoms with Crippen LogP contribution in [0.3, 0.4) is 0 Å². The third kappa shape index (κ3) is 10.2. The fourth-order valence-electron chi connectivity index (χ4n) is 2.29. The average Bonchev–Trinajstić information content (AvgIpc) is 2.56. The molecule has 0 atom stereocenters. The number of ether oxygens (including phenoxy) is 2. The molecule has 1 rings (SSSR count). The first-order valence-corrected chi connectivity index (χ1v) is 8.75. The molecule has 0 fully saturated rings. The number of unbranched alkanes of at least 4 members (excludes halogenated alkanes) is 5. The fourth-order valence-corrected chi connectivity index (χ4v) is 2.29. The quantitative estimate of drug-likeness (QED) is 0.305. The zero-order valence-electron chi connectivity index (χ0n) is 14.8. The molecule has 0 aliphatic heterocycles. The van der Waals surface area contributed by atoms with E-state index in [-0.39, 0.29) is 5.97 Å². The smallest absolute Gasteiger partial charge is 0.333 e. The summed E-state index contributed by atoms with van der Waals surface area (Å²) in [7, 11) is 0. The highest BCUT2D eigenvalue weighted by molar-refractivity contribution is 5.87. The third-order valence-corrected chi connectivity index (χ3v) is 3.65. The summed E-state index contributed by atoms with van der Waals surface area (Å²) in [4.78, 5) is 11.5. The Labute approximate surface area is 147 Å². The van der Waals surface area contributed by atoms with Gasteiger partial charge in [0.05, 0.1) is 6.61 Å². The van der Waals surface area contributed by atoms with E-state index in [1.807, 2.05) is 24.3 Å². The molecule has 0 aliphatic carbocycles. The molecule has 0 bridgehead atoms. The number of hydrogen-bond acceptors (Lipinski definition) is 3. The predicted molar refractivity (Wildman–Crippen MR) is 98.2 cm³/mol. The Kier molecular flexibility index (Phi) is 10.9. The van der Waals surface area contributed by atoms with Gasteiger partial charge in [0, 0.05) is 12.2 Å². The van der Waals surface area contributed by atoms with E-state index in [9.17, 15) is 4.79 Å². The maximum atomic E-state index is 11.5. The average molecular weight is 330 g/mol. The minimum absolute atomic E-state index is 0.319. The van der Waals surface area contributed by atoms with Crippen molar-refractivity contribution in [3.8, 4) is 0 Å². The second-order valence-corrected chi connectivity index (χ2v) is 6.01. The molecule has 2 radical (unpaired) electrons. The van der Waals surface area contributed by atoms with E-state index in [1.165, 1.54) is 24.8 Å². The van der Waals surface area contributed by atoms with Crippen LogP contribution in [0.15, 0.2) is 42.0 Å². The van der Waals surface area contributed by atoms with Crippen LogP contribution in [-0.4, -0.2) is 18.7 Å². The lowest BCUT2D eigenvalue weighted by Crippen LogP contribution is -2.12. The SMILES string of the molecule is [CH2]C([CH2])OC(=O)/C(C)=C/CCCCCCCOCc1ccccc1. The summed E-state index contributed by atoms with van der Waals surface area (Å²) in [5, 5.41) is 0. The monoisotopic (exact) mass is 330 g/mol. The van der Waals surface area contributed by atoms with Crippen molar-refractivity contribution < 1.29 is 14.3 Å². The van der Waals surface area contributed by atoms with Crippen LogP contribution >= 0.6 is 0 Å². The van der Waals surface area contributed by atoms with E-state index in [0.717, 1.165) is 25.9 Å². The Morgan fingerprint density at radius 3 is 2.46 bits per heavy atom. The van der Waals surface area contributed by atoms with Gasteiger partial charge < -0.3 is 9.47 Å². The van der Waals surface area contributed by atoms with Gasteiger partial charge >= 0.3 is 5.97 Å². The summed E-state index contributed by atoms with van der Waals surface area (Å²) < 4.78 is 10.6. The summed E-state index contributed by atoms with van der Waals surface area (Å²) >= 11 is 0. The second-order valence-electron chi connectivity index (χ2n) is 6.01. The minimum Gasteiger partial charge on any atom is -0.459 e. The van der Waals surface area contributed by atoms with Crippen molar-refractivity contribution in [3.63, 3.8) is 0 Å². The van der Waals surface area contributed by atoms with Gasteiger partial charge in [0.15, 0.2) is 0 Å². The molecule has 0 saturated carbocycles. The first kappa shape index (κ1) is 20.4. The highest BCUT2D eigenvalue weighted by atomic mass is 16.5. The van der Waals surface area contributed by atoms with Crippen molar-refractivity contribution >= 4 is 5.97 Å². The predicted octanol–water partition coefficient (Wildman–Crippen LogP) is 5.07. The van der Waals surface area contributed by atoms with Gasteiger partial charge in [-0.15, -0.1) is 0 Å². The largest absolute Gasteiger partial charge is 0.459 e. The number of carbonyl (C=O) groups excluding carboxylic acids is 1. The van der Waals surface area contributed by atoms with E-state index in [0.29, 0.717) is 12.2 Å². The van der Waals surface area contributed by atoms with E-state index >= 15 is 0 Å². The van der Waals surface area contributed by atoms with Crippen LogP contribution in [0.4, 0.5) is 0 Å². The van der Waals surface area contributed by atoms with Crippen LogP contribution in [0.1, 0.15) is 51.0 Å². The number of benzene rings is 1. The first-order valence-electron chi connectivity index (χ1n) is 8.75. The minimum atomic E-state index is -0.551. The highest BCUT2D eigenvalue weighted by Gasteiger charge is 2.06. The molecule has 0 amide bonds. The van der Waals surface area contributed by atoms with Gasteiger partial charge in [0.1, 0.15) is 6.10 Å². The molecule has 0 heterocycles. The van der Waals surface area contributed by atoms with Crippen LogP contribution < -0.4 is 0 Å². The first-order chi connectivity index (χ1) is 11.6. The molecule has 0 N–H and O–H groups in total. The van der Waals surface area contributed by atoms with Gasteiger partial charge in [-0.3, -0.25) is 0 Å². The number of allylic oxidation sites excluding steroid dienone is 1. The van der Waals surface area contributed by atoms with Crippen molar-refractivity contribution in [1.82, 2.24) is 0 Å². The summed E-state index contributed by atoms with van der Waals surface area (Å²) in [6.45, 7) is 10.4. The Hall–Kier alpha value is -1.61. The molecule has 132 valence electrons. The molecular weight excluding hydrogens is 300 g/mol. The Morgan fingerprint density at radius 1 is 1.08 bits per heavy atom. The van der Waals surface area contributed by atoms with Gasteiger partial charge in [-0.25, -0.2) is 4.79 Å². The highest BCUT2D eigenvalue weighted by Crippen LogP contribution is 2.09. The van der Waals surface area contributed by atoms with Gasteiger partial charge in [-0.2, -0.15) is 0 Å². The topological polar surface area (TPSA) is 35.5 Å². The zero-order valence-corrected chi connectivity index (χ0v) is 14.8. The summed E-state index contributed by atoms with van der Waals surface area (Å²) in [6.07, 6.45) is 8.04. The molecule has 0 aromatic heterocycles. The molecule has 3 nitrogen and oxygen atoms in total. The van der Waals surface area contributed by atoms with Crippen molar-refractivity contribution in [2.24, 2.45) is 0 Å². The van der Waals surface area contributed by atoms with Crippen molar-refractivity contribution in [2.45, 2.75) is 58.2 Å². The number of carbonyl (C=O) groups is 1. The summed E-state index contributed by atoms with van der Waals surface area (Å²) in [5.41, 5.74) is 1.86. The molecule has 0 aliphatic rings. The van der Waals surface area contributed by atoms with Gasteiger partial charge in [-0.05, 0) is 45.6 Å². The molecule has 0 unspecified atom stereocenters. The van der Waals surface area contributed by atoms with Gasteiger partial charge in [0.25, 0.3) is 0 Å². The molecule has 0 saturated heterocycles. The lowest BCUT2D eigenvalue weighted by atomic mass is 10.1. The van der Waals surface area contributed by atoms with Crippen molar-refractivity contribution in [3.05, 3.63) is 61.4 Å². The molecule has 0 spiro atoms. The lowest BCUT2D eigenvalue weighted by molar-refractivity contribution is -0.140. The van der Waals surface area contributed by atoms with E-state index in [1.54, 1.807) is 6.92 Å². The third-order valence-electron chi connectivity index (χ3n) is 3.65. The van der Waals surface area contributed by atoms with Crippen LogP contribution in [-0.2, 0) is 20.9 Å². The van der Waals surface area contributed by atoms with Gasteiger partial charge in [0.2, 0.25) is 0 Å². The Balaban J connectivity index is 1.94. The maximum Gasteiger partial charge on any atom is 0.333 e. The van der Waals surface area contributed by atoms with Gasteiger partial charge in [-0.1, -0.05) is 55.7 Å². The second kappa shape index (κ2) is 12.8.